The number of amides is 2. The average molecular weight is 420 g/mol. The van der Waals surface area contributed by atoms with Gasteiger partial charge in [0, 0.05) is 28.6 Å². The van der Waals surface area contributed by atoms with E-state index in [0.29, 0.717) is 17.0 Å². The quantitative estimate of drug-likeness (QED) is 0.474. The first-order valence-electron chi connectivity index (χ1n) is 7.72. The molecule has 0 aliphatic rings. The maximum atomic E-state index is 11.8. The van der Waals surface area contributed by atoms with Crippen LogP contribution < -0.4 is 15.5 Å². The van der Waals surface area contributed by atoms with Crippen LogP contribution in [0.2, 0.25) is 0 Å². The number of hydrazone groups is 1. The van der Waals surface area contributed by atoms with Crippen LogP contribution >= 0.6 is 15.9 Å². The highest BCUT2D eigenvalue weighted by Gasteiger charge is 2.07. The van der Waals surface area contributed by atoms with Gasteiger partial charge in [0.25, 0.3) is 0 Å². The third-order valence-corrected chi connectivity index (χ3v) is 3.83. The van der Waals surface area contributed by atoms with Crippen LogP contribution in [0.3, 0.4) is 0 Å². The van der Waals surface area contributed by atoms with E-state index in [0.717, 1.165) is 4.47 Å². The van der Waals surface area contributed by atoms with E-state index in [1.165, 1.54) is 12.3 Å². The number of carbonyl (C=O) groups is 2. The minimum Gasteiger partial charge on any atom is -0.507 e. The number of halogens is 1. The number of carbonyl (C=O) groups excluding carboxylic acids is 2. The van der Waals surface area contributed by atoms with Crippen molar-refractivity contribution in [1.29, 1.82) is 0 Å². The van der Waals surface area contributed by atoms with Gasteiger partial charge in [0.2, 0.25) is 11.8 Å². The Labute approximate surface area is 159 Å². The molecule has 0 aromatic heterocycles. The minimum absolute atomic E-state index is 0.0101. The number of rotatable bonds is 7. The molecule has 0 aliphatic heterocycles. The Bertz CT molecular complexity index is 807. The Kier molecular flexibility index (Phi) is 7.16. The van der Waals surface area contributed by atoms with Crippen LogP contribution in [0.1, 0.15) is 18.4 Å². The van der Waals surface area contributed by atoms with Gasteiger partial charge in [-0.2, -0.15) is 5.10 Å². The summed E-state index contributed by atoms with van der Waals surface area (Å²) < 4.78 is 5.82. The first-order valence-corrected chi connectivity index (χ1v) is 8.51. The van der Waals surface area contributed by atoms with Crippen molar-refractivity contribution >= 4 is 39.6 Å². The van der Waals surface area contributed by atoms with E-state index in [4.69, 9.17) is 4.74 Å². The third kappa shape index (κ3) is 6.21. The predicted molar refractivity (Wildman–Crippen MR) is 102 cm³/mol. The van der Waals surface area contributed by atoms with Gasteiger partial charge >= 0.3 is 0 Å². The molecule has 0 fully saturated rings. The standard InChI is InChI=1S/C18H18BrN3O4/c1-26-15-5-3-14(4-6-15)21-17(24)8-9-18(25)22-20-11-12-10-13(19)2-7-16(12)23/h2-7,10-11,23H,8-9H2,1H3,(H,21,24)(H,22,25)/b20-11+. The average Bonchev–Trinajstić information content (AvgIpc) is 2.63. The Morgan fingerprint density at radius 2 is 1.85 bits per heavy atom. The van der Waals surface area contributed by atoms with Crippen LogP contribution in [0.5, 0.6) is 11.5 Å². The highest BCUT2D eigenvalue weighted by molar-refractivity contribution is 9.10. The normalized spacial score (nSPS) is 10.5. The second-order valence-electron chi connectivity index (χ2n) is 5.27. The van der Waals surface area contributed by atoms with Crippen molar-refractivity contribution in [3.8, 4) is 11.5 Å². The molecule has 26 heavy (non-hydrogen) atoms. The molecule has 0 spiro atoms. The number of methoxy groups -OCH3 is 1. The largest absolute Gasteiger partial charge is 0.507 e. The summed E-state index contributed by atoms with van der Waals surface area (Å²) in [7, 11) is 1.56. The van der Waals surface area contributed by atoms with Crippen LogP contribution in [-0.2, 0) is 9.59 Å². The number of anilines is 1. The maximum Gasteiger partial charge on any atom is 0.240 e. The molecule has 136 valence electrons. The van der Waals surface area contributed by atoms with Gasteiger partial charge in [0.05, 0.1) is 13.3 Å². The first-order chi connectivity index (χ1) is 12.5. The molecular formula is C18H18BrN3O4. The summed E-state index contributed by atoms with van der Waals surface area (Å²) >= 11 is 3.28. The van der Waals surface area contributed by atoms with E-state index in [-0.39, 0.29) is 24.5 Å². The number of nitrogens with one attached hydrogen (secondary N) is 2. The molecule has 0 bridgehead atoms. The molecule has 7 nitrogen and oxygen atoms in total. The summed E-state index contributed by atoms with van der Waals surface area (Å²) in [5, 5.41) is 16.1. The van der Waals surface area contributed by atoms with Crippen molar-refractivity contribution in [2.45, 2.75) is 12.8 Å². The van der Waals surface area contributed by atoms with Crippen molar-refractivity contribution < 1.29 is 19.4 Å². The van der Waals surface area contributed by atoms with E-state index in [9.17, 15) is 14.7 Å². The zero-order valence-electron chi connectivity index (χ0n) is 14.0. The van der Waals surface area contributed by atoms with Crippen molar-refractivity contribution in [3.63, 3.8) is 0 Å². The zero-order chi connectivity index (χ0) is 18.9. The van der Waals surface area contributed by atoms with Crippen LogP contribution in [0, 0.1) is 0 Å². The molecule has 0 heterocycles. The fourth-order valence-corrected chi connectivity index (χ4v) is 2.36. The van der Waals surface area contributed by atoms with Gasteiger partial charge in [-0.1, -0.05) is 15.9 Å². The molecule has 2 amide bonds. The van der Waals surface area contributed by atoms with E-state index in [1.54, 1.807) is 43.5 Å². The number of phenols is 1. The highest BCUT2D eigenvalue weighted by Crippen LogP contribution is 2.20. The van der Waals surface area contributed by atoms with E-state index in [1.807, 2.05) is 0 Å². The highest BCUT2D eigenvalue weighted by atomic mass is 79.9. The summed E-state index contributed by atoms with van der Waals surface area (Å²) in [5.41, 5.74) is 3.40. The van der Waals surface area contributed by atoms with Gasteiger partial charge < -0.3 is 15.2 Å². The lowest BCUT2D eigenvalue weighted by atomic mass is 10.2. The SMILES string of the molecule is COc1ccc(NC(=O)CCC(=O)N/N=C/c2cc(Br)ccc2O)cc1. The number of hydrogen-bond acceptors (Lipinski definition) is 5. The van der Waals surface area contributed by atoms with Gasteiger partial charge in [-0.3, -0.25) is 9.59 Å². The number of nitrogens with zero attached hydrogens (tertiary/aromatic N) is 1. The monoisotopic (exact) mass is 419 g/mol. The van der Waals surface area contributed by atoms with Crippen LogP contribution in [0.4, 0.5) is 5.69 Å². The van der Waals surface area contributed by atoms with Crippen LogP contribution in [-0.4, -0.2) is 30.2 Å². The summed E-state index contributed by atoms with van der Waals surface area (Å²) in [4.78, 5) is 23.6. The Hall–Kier alpha value is -2.87. The molecule has 0 atom stereocenters. The summed E-state index contributed by atoms with van der Waals surface area (Å²) in [6.45, 7) is 0. The fraction of sp³-hybridized carbons (Fsp3) is 0.167. The Balaban J connectivity index is 1.76. The number of benzene rings is 2. The number of ether oxygens (including phenoxy) is 1. The molecule has 0 unspecified atom stereocenters. The lowest BCUT2D eigenvalue weighted by Crippen LogP contribution is -2.20. The fourth-order valence-electron chi connectivity index (χ4n) is 1.98. The molecule has 2 aromatic rings. The third-order valence-electron chi connectivity index (χ3n) is 3.34. The summed E-state index contributed by atoms with van der Waals surface area (Å²) in [6, 6.07) is 11.7. The number of hydrogen-bond donors (Lipinski definition) is 3. The van der Waals surface area contributed by atoms with E-state index in [2.05, 4.69) is 31.8 Å². The van der Waals surface area contributed by atoms with Gasteiger partial charge in [0.1, 0.15) is 11.5 Å². The predicted octanol–water partition coefficient (Wildman–Crippen LogP) is 3.03. The molecule has 2 rings (SSSR count). The number of aromatic hydroxyl groups is 1. The van der Waals surface area contributed by atoms with Crippen molar-refractivity contribution in [1.82, 2.24) is 5.43 Å². The van der Waals surface area contributed by atoms with E-state index >= 15 is 0 Å². The first kappa shape index (κ1) is 19.5. The smallest absolute Gasteiger partial charge is 0.240 e. The van der Waals surface area contributed by atoms with Gasteiger partial charge in [-0.15, -0.1) is 0 Å². The van der Waals surface area contributed by atoms with Gasteiger partial charge in [-0.25, -0.2) is 5.43 Å². The molecular weight excluding hydrogens is 402 g/mol. The molecule has 0 saturated heterocycles. The molecule has 0 aliphatic carbocycles. The van der Waals surface area contributed by atoms with Crippen LogP contribution in [0.15, 0.2) is 52.0 Å². The van der Waals surface area contributed by atoms with Crippen molar-refractivity contribution in [3.05, 3.63) is 52.5 Å². The van der Waals surface area contributed by atoms with Gasteiger partial charge in [0.15, 0.2) is 0 Å². The van der Waals surface area contributed by atoms with E-state index < -0.39 is 5.91 Å². The zero-order valence-corrected chi connectivity index (χ0v) is 15.6. The minimum atomic E-state index is -0.402. The molecule has 0 radical (unpaired) electrons. The van der Waals surface area contributed by atoms with Gasteiger partial charge in [-0.05, 0) is 42.5 Å². The number of phenolic OH excluding ortho intramolecular Hbond substituents is 1. The topological polar surface area (TPSA) is 100 Å². The Morgan fingerprint density at radius 3 is 2.54 bits per heavy atom. The summed E-state index contributed by atoms with van der Waals surface area (Å²) in [6.07, 6.45) is 1.34. The van der Waals surface area contributed by atoms with Crippen LogP contribution in [0.25, 0.3) is 0 Å². The molecule has 2 aromatic carbocycles. The maximum absolute atomic E-state index is 11.8. The summed E-state index contributed by atoms with van der Waals surface area (Å²) in [5.74, 6) is 0.0568. The van der Waals surface area contributed by atoms with Crippen molar-refractivity contribution in [2.75, 3.05) is 12.4 Å². The molecule has 0 saturated carbocycles. The molecule has 3 N–H and O–H groups in total. The Morgan fingerprint density at radius 1 is 1.15 bits per heavy atom. The second kappa shape index (κ2) is 9.57. The lowest BCUT2D eigenvalue weighted by molar-refractivity contribution is -0.124. The molecule has 8 heteroatoms. The second-order valence-corrected chi connectivity index (χ2v) is 6.19. The van der Waals surface area contributed by atoms with Crippen molar-refractivity contribution in [2.24, 2.45) is 5.10 Å². The lowest BCUT2D eigenvalue weighted by Gasteiger charge is -2.06.